The minimum absolute atomic E-state index is 0.809. The summed E-state index contributed by atoms with van der Waals surface area (Å²) < 4.78 is 2.11. The van der Waals surface area contributed by atoms with Crippen LogP contribution in [0.4, 0.5) is 5.82 Å². The number of fused-ring (bicyclic) bond motifs is 1. The van der Waals surface area contributed by atoms with Crippen LogP contribution in [-0.2, 0) is 19.6 Å². The van der Waals surface area contributed by atoms with Gasteiger partial charge in [-0.15, -0.1) is 0 Å². The Labute approximate surface area is 183 Å². The number of piperidine rings is 1. The number of benzene rings is 2. The normalized spacial score (nSPS) is 14.3. The van der Waals surface area contributed by atoms with Gasteiger partial charge in [-0.25, -0.2) is 9.97 Å². The second-order valence-electron chi connectivity index (χ2n) is 8.32. The van der Waals surface area contributed by atoms with E-state index in [0.717, 1.165) is 44.1 Å². The maximum atomic E-state index is 5.07. The average Bonchev–Trinajstić information content (AvgIpc) is 3.33. The Kier molecular flexibility index (Phi) is 5.94. The zero-order chi connectivity index (χ0) is 20.9. The molecule has 0 atom stereocenters. The highest BCUT2D eigenvalue weighted by Crippen LogP contribution is 2.26. The largest absolute Gasteiger partial charge is 0.356 e. The van der Waals surface area contributed by atoms with E-state index in [4.69, 9.17) is 4.98 Å². The van der Waals surface area contributed by atoms with Crippen LogP contribution >= 0.6 is 0 Å². The van der Waals surface area contributed by atoms with E-state index in [1.165, 1.54) is 41.3 Å². The predicted molar refractivity (Wildman–Crippen MR) is 126 cm³/mol. The van der Waals surface area contributed by atoms with Crippen molar-refractivity contribution in [1.82, 2.24) is 19.9 Å². The number of pyridine rings is 1. The van der Waals surface area contributed by atoms with E-state index >= 15 is 0 Å². The predicted octanol–water partition coefficient (Wildman–Crippen LogP) is 4.76. The van der Waals surface area contributed by atoms with Gasteiger partial charge >= 0.3 is 0 Å². The van der Waals surface area contributed by atoms with Gasteiger partial charge in [-0.2, -0.15) is 0 Å². The molecule has 0 unspecified atom stereocenters. The van der Waals surface area contributed by atoms with E-state index in [0.29, 0.717) is 0 Å². The van der Waals surface area contributed by atoms with E-state index in [2.05, 4.69) is 74.4 Å². The zero-order valence-corrected chi connectivity index (χ0v) is 17.9. The van der Waals surface area contributed by atoms with Crippen LogP contribution in [0.15, 0.2) is 73.3 Å². The summed E-state index contributed by atoms with van der Waals surface area (Å²) in [4.78, 5) is 11.7. The van der Waals surface area contributed by atoms with E-state index < -0.39 is 0 Å². The van der Waals surface area contributed by atoms with Gasteiger partial charge in [0.2, 0.25) is 0 Å². The van der Waals surface area contributed by atoms with Crippen molar-refractivity contribution in [3.8, 4) is 0 Å². The maximum absolute atomic E-state index is 5.07. The maximum Gasteiger partial charge on any atom is 0.133 e. The number of anilines is 1. The van der Waals surface area contributed by atoms with E-state index in [-0.39, 0.29) is 0 Å². The lowest BCUT2D eigenvalue weighted by molar-refractivity contribution is 0.570. The van der Waals surface area contributed by atoms with Gasteiger partial charge in [0.25, 0.3) is 0 Å². The first kappa shape index (κ1) is 19.8. The minimum Gasteiger partial charge on any atom is -0.356 e. The molecule has 1 fully saturated rings. The van der Waals surface area contributed by atoms with Crippen LogP contribution < -0.4 is 10.2 Å². The van der Waals surface area contributed by atoms with Gasteiger partial charge in [0.15, 0.2) is 0 Å². The van der Waals surface area contributed by atoms with Crippen molar-refractivity contribution >= 4 is 16.7 Å². The second-order valence-corrected chi connectivity index (χ2v) is 8.32. The molecule has 0 aliphatic carbocycles. The van der Waals surface area contributed by atoms with Gasteiger partial charge in [-0.3, -0.25) is 0 Å². The molecule has 5 nitrogen and oxygen atoms in total. The van der Waals surface area contributed by atoms with Gasteiger partial charge in [0.05, 0.1) is 11.8 Å². The Morgan fingerprint density at radius 2 is 1.61 bits per heavy atom. The molecule has 4 aromatic rings. The van der Waals surface area contributed by atoms with Crippen molar-refractivity contribution in [2.75, 3.05) is 18.0 Å². The van der Waals surface area contributed by atoms with E-state index in [1.54, 1.807) is 0 Å². The molecule has 1 aliphatic heterocycles. The highest BCUT2D eigenvalue weighted by molar-refractivity contribution is 5.81. The van der Waals surface area contributed by atoms with Crippen molar-refractivity contribution < 1.29 is 0 Å². The highest BCUT2D eigenvalue weighted by atomic mass is 15.2. The highest BCUT2D eigenvalue weighted by Gasteiger charge is 2.17. The van der Waals surface area contributed by atoms with E-state index in [9.17, 15) is 0 Å². The second kappa shape index (κ2) is 9.31. The summed E-state index contributed by atoms with van der Waals surface area (Å²) in [7, 11) is 0. The zero-order valence-electron chi connectivity index (χ0n) is 17.9. The first-order valence-electron chi connectivity index (χ1n) is 11.2. The lowest BCUT2D eigenvalue weighted by Crippen LogP contribution is -2.31. The quantitative estimate of drug-likeness (QED) is 0.476. The number of para-hydroxylation sites is 1. The average molecular weight is 412 g/mol. The van der Waals surface area contributed by atoms with Gasteiger partial charge < -0.3 is 14.8 Å². The van der Waals surface area contributed by atoms with Crippen molar-refractivity contribution in [2.24, 2.45) is 0 Å². The van der Waals surface area contributed by atoms with Crippen LogP contribution in [0.25, 0.3) is 10.9 Å². The Balaban J connectivity index is 1.35. The van der Waals surface area contributed by atoms with Crippen molar-refractivity contribution in [1.29, 1.82) is 0 Å². The van der Waals surface area contributed by atoms with Gasteiger partial charge in [0, 0.05) is 56.1 Å². The summed E-state index contributed by atoms with van der Waals surface area (Å²) in [6.07, 6.45) is 9.54. The van der Waals surface area contributed by atoms with Crippen LogP contribution in [0.2, 0.25) is 0 Å². The number of imidazole rings is 1. The Hall–Kier alpha value is -3.18. The molecule has 3 heterocycles. The summed E-state index contributed by atoms with van der Waals surface area (Å²) >= 11 is 0. The number of nitrogens with zero attached hydrogens (tertiary/aromatic N) is 4. The first-order chi connectivity index (χ1) is 15.4. The third-order valence-electron chi connectivity index (χ3n) is 6.10. The molecule has 1 saturated heterocycles. The molecule has 5 heteroatoms. The summed E-state index contributed by atoms with van der Waals surface area (Å²) in [5, 5.41) is 4.90. The fourth-order valence-electron chi connectivity index (χ4n) is 4.45. The molecular formula is C26H29N5. The summed E-state index contributed by atoms with van der Waals surface area (Å²) in [6, 6.07) is 19.4. The number of aromatic nitrogens is 3. The number of nitrogens with one attached hydrogen (secondary N) is 1. The number of hydrogen-bond acceptors (Lipinski definition) is 4. The third kappa shape index (κ3) is 4.62. The van der Waals surface area contributed by atoms with Crippen LogP contribution in [0.5, 0.6) is 0 Å². The van der Waals surface area contributed by atoms with Crippen molar-refractivity contribution in [2.45, 2.75) is 38.9 Å². The molecular weight excluding hydrogens is 382 g/mol. The van der Waals surface area contributed by atoms with Gasteiger partial charge in [0.1, 0.15) is 5.82 Å². The molecule has 1 aliphatic rings. The fraction of sp³-hybridized carbons (Fsp3) is 0.308. The van der Waals surface area contributed by atoms with Crippen LogP contribution in [0.1, 0.15) is 36.0 Å². The molecule has 31 heavy (non-hydrogen) atoms. The fourth-order valence-corrected chi connectivity index (χ4v) is 4.45. The molecule has 0 saturated carbocycles. The van der Waals surface area contributed by atoms with Crippen LogP contribution in [0, 0.1) is 0 Å². The topological polar surface area (TPSA) is 46.0 Å². The lowest BCUT2D eigenvalue weighted by Gasteiger charge is -2.30. The molecule has 2 aromatic carbocycles. The minimum atomic E-state index is 0.809. The summed E-state index contributed by atoms with van der Waals surface area (Å²) in [5.74, 6) is 1.15. The van der Waals surface area contributed by atoms with Crippen molar-refractivity contribution in [3.05, 3.63) is 90.0 Å². The molecule has 1 N–H and O–H groups in total. The number of hydrogen-bond donors (Lipinski definition) is 1. The Morgan fingerprint density at radius 1 is 0.839 bits per heavy atom. The smallest absolute Gasteiger partial charge is 0.133 e. The summed E-state index contributed by atoms with van der Waals surface area (Å²) in [6.45, 7) is 4.69. The SMILES string of the molecule is c1ccc(Cn2ccnc2)c(CNCc2cc3ccccc3nc2N2CCCCC2)c1. The molecule has 0 amide bonds. The molecule has 0 bridgehead atoms. The molecule has 0 spiro atoms. The molecule has 158 valence electrons. The molecule has 0 radical (unpaired) electrons. The Bertz CT molecular complexity index is 1130. The van der Waals surface area contributed by atoms with Crippen LogP contribution in [-0.4, -0.2) is 27.6 Å². The first-order valence-corrected chi connectivity index (χ1v) is 11.2. The number of rotatable bonds is 7. The Morgan fingerprint density at radius 3 is 2.45 bits per heavy atom. The summed E-state index contributed by atoms with van der Waals surface area (Å²) in [5.41, 5.74) is 5.01. The molecule has 2 aromatic heterocycles. The van der Waals surface area contributed by atoms with Gasteiger partial charge in [-0.05, 0) is 42.5 Å². The van der Waals surface area contributed by atoms with Gasteiger partial charge in [-0.1, -0.05) is 42.5 Å². The standard InChI is InChI=1S/C26H29N5/c1-6-13-31(14-7-1)26-24(16-21-8-4-5-11-25(21)29-26)18-28-17-22-9-2-3-10-23(22)19-30-15-12-27-20-30/h2-5,8-12,15-16,20,28H,1,6-7,13-14,17-19H2. The van der Waals surface area contributed by atoms with Crippen LogP contribution in [0.3, 0.4) is 0 Å². The molecule has 5 rings (SSSR count). The third-order valence-corrected chi connectivity index (χ3v) is 6.10. The lowest BCUT2D eigenvalue weighted by atomic mass is 10.1. The van der Waals surface area contributed by atoms with Crippen molar-refractivity contribution in [3.63, 3.8) is 0 Å². The monoisotopic (exact) mass is 411 g/mol. The van der Waals surface area contributed by atoms with E-state index in [1.807, 2.05) is 18.7 Å².